The summed E-state index contributed by atoms with van der Waals surface area (Å²) in [6.07, 6.45) is 3.76. The van der Waals surface area contributed by atoms with E-state index in [2.05, 4.69) is 16.4 Å². The molecule has 1 fully saturated rings. The van der Waals surface area contributed by atoms with E-state index in [1.807, 2.05) is 43.0 Å². The molecule has 1 N–H and O–H groups in total. The molecule has 2 aliphatic rings. The highest BCUT2D eigenvalue weighted by Crippen LogP contribution is 2.30. The number of hydrogen-bond acceptors (Lipinski definition) is 5. The zero-order valence-electron chi connectivity index (χ0n) is 17.5. The van der Waals surface area contributed by atoms with Gasteiger partial charge in [-0.3, -0.25) is 4.79 Å². The highest BCUT2D eigenvalue weighted by molar-refractivity contribution is 6.10. The fourth-order valence-electron chi connectivity index (χ4n) is 4.06. The minimum Gasteiger partial charge on any atom is -0.447 e. The second-order valence-corrected chi connectivity index (χ2v) is 8.07. The number of hydrogen-bond donors (Lipinski definition) is 1. The first-order chi connectivity index (χ1) is 14.5. The summed E-state index contributed by atoms with van der Waals surface area (Å²) in [5, 5.41) is 3.44. The number of fused-ring (bicyclic) bond motifs is 1. The minimum absolute atomic E-state index is 0.0338. The first kappa shape index (κ1) is 20.2. The Balaban J connectivity index is 1.42. The summed E-state index contributed by atoms with van der Waals surface area (Å²) in [6, 6.07) is 11.8. The summed E-state index contributed by atoms with van der Waals surface area (Å²) in [7, 11) is 0. The van der Waals surface area contributed by atoms with Gasteiger partial charge in [-0.15, -0.1) is 0 Å². The van der Waals surface area contributed by atoms with Gasteiger partial charge in [0.05, 0.1) is 11.7 Å². The van der Waals surface area contributed by atoms with Crippen LogP contribution < -0.4 is 10.2 Å². The molecule has 0 saturated carbocycles. The maximum Gasteiger partial charge on any atom is 0.410 e. The summed E-state index contributed by atoms with van der Waals surface area (Å²) < 4.78 is 5.28. The van der Waals surface area contributed by atoms with Crippen LogP contribution in [0.5, 0.6) is 0 Å². The number of piperidine rings is 1. The van der Waals surface area contributed by atoms with Gasteiger partial charge in [0.15, 0.2) is 0 Å². The zero-order valence-corrected chi connectivity index (χ0v) is 17.5. The van der Waals surface area contributed by atoms with Crippen molar-refractivity contribution in [3.05, 3.63) is 53.7 Å². The molecule has 0 unspecified atom stereocenters. The van der Waals surface area contributed by atoms with Crippen molar-refractivity contribution in [3.63, 3.8) is 0 Å². The summed E-state index contributed by atoms with van der Waals surface area (Å²) in [4.78, 5) is 33.4. The van der Waals surface area contributed by atoms with Gasteiger partial charge in [-0.2, -0.15) is 0 Å². The Morgan fingerprint density at radius 1 is 1.10 bits per heavy atom. The zero-order chi connectivity index (χ0) is 21.1. The van der Waals surface area contributed by atoms with Crippen molar-refractivity contribution in [1.82, 2.24) is 9.88 Å². The topological polar surface area (TPSA) is 74.8 Å². The quantitative estimate of drug-likeness (QED) is 0.835. The number of pyridine rings is 1. The van der Waals surface area contributed by atoms with E-state index in [4.69, 9.17) is 4.74 Å². The van der Waals surface area contributed by atoms with Crippen molar-refractivity contribution >= 4 is 23.5 Å². The molecule has 3 heterocycles. The van der Waals surface area contributed by atoms with Crippen LogP contribution in [0, 0.1) is 0 Å². The third kappa shape index (κ3) is 4.25. The van der Waals surface area contributed by atoms with Crippen molar-refractivity contribution in [2.24, 2.45) is 0 Å². The van der Waals surface area contributed by atoms with Gasteiger partial charge in [0.2, 0.25) is 0 Å². The van der Waals surface area contributed by atoms with E-state index in [9.17, 15) is 9.59 Å². The smallest absolute Gasteiger partial charge is 0.410 e. The first-order valence-corrected chi connectivity index (χ1v) is 10.6. The number of aromatic nitrogens is 1. The Kier molecular flexibility index (Phi) is 5.88. The SMILES string of the molecule is CC(C)OC(=O)N1CCC(Nc2ncccc2C(=O)N2CCc3ccccc32)CC1. The van der Waals surface area contributed by atoms with Crippen molar-refractivity contribution < 1.29 is 14.3 Å². The lowest BCUT2D eigenvalue weighted by Crippen LogP contribution is -2.43. The van der Waals surface area contributed by atoms with E-state index in [-0.39, 0.29) is 24.1 Å². The maximum atomic E-state index is 13.3. The largest absolute Gasteiger partial charge is 0.447 e. The van der Waals surface area contributed by atoms with Gasteiger partial charge in [-0.25, -0.2) is 9.78 Å². The van der Waals surface area contributed by atoms with Gasteiger partial charge in [0.25, 0.3) is 5.91 Å². The Hall–Kier alpha value is -3.09. The Morgan fingerprint density at radius 3 is 2.63 bits per heavy atom. The number of nitrogens with zero attached hydrogens (tertiary/aromatic N) is 3. The summed E-state index contributed by atoms with van der Waals surface area (Å²) in [5.74, 6) is 0.573. The molecular weight excluding hydrogens is 380 g/mol. The molecule has 2 aromatic rings. The number of nitrogens with one attached hydrogen (secondary N) is 1. The Labute approximate surface area is 177 Å². The van der Waals surface area contributed by atoms with Crippen molar-refractivity contribution in [2.45, 2.75) is 45.3 Å². The molecule has 4 rings (SSSR count). The van der Waals surface area contributed by atoms with Crippen LogP contribution in [0.4, 0.5) is 16.3 Å². The van der Waals surface area contributed by atoms with Gasteiger partial charge < -0.3 is 19.9 Å². The van der Waals surface area contributed by atoms with Gasteiger partial charge in [-0.05, 0) is 56.9 Å². The van der Waals surface area contributed by atoms with Crippen molar-refractivity contribution in [3.8, 4) is 0 Å². The number of carbonyl (C=O) groups excluding carboxylic acids is 2. The number of benzene rings is 1. The van der Waals surface area contributed by atoms with E-state index in [1.165, 1.54) is 5.56 Å². The summed E-state index contributed by atoms with van der Waals surface area (Å²) >= 11 is 0. The number of amides is 2. The van der Waals surface area contributed by atoms with E-state index in [1.54, 1.807) is 17.2 Å². The van der Waals surface area contributed by atoms with E-state index < -0.39 is 0 Å². The second kappa shape index (κ2) is 8.73. The van der Waals surface area contributed by atoms with Crippen LogP contribution in [0.1, 0.15) is 42.6 Å². The van der Waals surface area contributed by atoms with E-state index in [0.717, 1.165) is 24.9 Å². The third-order valence-corrected chi connectivity index (χ3v) is 5.60. The molecule has 1 aromatic carbocycles. The maximum absolute atomic E-state index is 13.3. The average Bonchev–Trinajstić information content (AvgIpc) is 3.18. The van der Waals surface area contributed by atoms with Gasteiger partial charge in [0.1, 0.15) is 5.82 Å². The first-order valence-electron chi connectivity index (χ1n) is 10.6. The molecular formula is C23H28N4O3. The number of likely N-dealkylation sites (tertiary alicyclic amines) is 1. The van der Waals surface area contributed by atoms with Crippen LogP contribution in [0.2, 0.25) is 0 Å². The average molecular weight is 409 g/mol. The Morgan fingerprint density at radius 2 is 1.87 bits per heavy atom. The Bertz CT molecular complexity index is 922. The standard InChI is InChI=1S/C23H28N4O3/c1-16(2)30-23(29)26-13-10-18(11-14-26)25-21-19(7-5-12-24-21)22(28)27-15-9-17-6-3-4-8-20(17)27/h3-8,12,16,18H,9-11,13-15H2,1-2H3,(H,24,25). The lowest BCUT2D eigenvalue weighted by Gasteiger charge is -2.32. The fourth-order valence-corrected chi connectivity index (χ4v) is 4.06. The monoisotopic (exact) mass is 408 g/mol. The molecule has 0 spiro atoms. The third-order valence-electron chi connectivity index (χ3n) is 5.60. The number of para-hydroxylation sites is 1. The molecule has 7 nitrogen and oxygen atoms in total. The molecule has 0 atom stereocenters. The van der Waals surface area contributed by atoms with Crippen molar-refractivity contribution in [2.75, 3.05) is 29.9 Å². The molecule has 0 radical (unpaired) electrons. The second-order valence-electron chi connectivity index (χ2n) is 8.07. The molecule has 0 aliphatic carbocycles. The lowest BCUT2D eigenvalue weighted by molar-refractivity contribution is 0.0701. The van der Waals surface area contributed by atoms with Gasteiger partial charge in [0, 0.05) is 37.6 Å². The normalized spacial score (nSPS) is 16.5. The van der Waals surface area contributed by atoms with Crippen LogP contribution in [0.3, 0.4) is 0 Å². The van der Waals surface area contributed by atoms with E-state index >= 15 is 0 Å². The highest BCUT2D eigenvalue weighted by atomic mass is 16.6. The van der Waals surface area contributed by atoms with Crippen LogP contribution >= 0.6 is 0 Å². The fraction of sp³-hybridized carbons (Fsp3) is 0.435. The predicted octanol–water partition coefficient (Wildman–Crippen LogP) is 3.71. The lowest BCUT2D eigenvalue weighted by atomic mass is 10.0. The molecule has 30 heavy (non-hydrogen) atoms. The molecule has 1 saturated heterocycles. The molecule has 0 bridgehead atoms. The molecule has 2 aliphatic heterocycles. The van der Waals surface area contributed by atoms with Gasteiger partial charge in [-0.1, -0.05) is 18.2 Å². The number of carbonyl (C=O) groups is 2. The van der Waals surface area contributed by atoms with Crippen LogP contribution in [-0.2, 0) is 11.2 Å². The number of ether oxygens (including phenoxy) is 1. The molecule has 2 amide bonds. The molecule has 7 heteroatoms. The summed E-state index contributed by atoms with van der Waals surface area (Å²) in [5.41, 5.74) is 2.76. The molecule has 1 aromatic heterocycles. The number of anilines is 2. The van der Waals surface area contributed by atoms with E-state index in [0.29, 0.717) is 31.0 Å². The number of rotatable bonds is 4. The van der Waals surface area contributed by atoms with Crippen LogP contribution in [0.25, 0.3) is 0 Å². The summed E-state index contributed by atoms with van der Waals surface area (Å²) in [6.45, 7) is 5.63. The minimum atomic E-state index is -0.259. The van der Waals surface area contributed by atoms with Crippen LogP contribution in [0.15, 0.2) is 42.6 Å². The van der Waals surface area contributed by atoms with Crippen LogP contribution in [-0.4, -0.2) is 53.7 Å². The molecule has 158 valence electrons. The highest BCUT2D eigenvalue weighted by Gasteiger charge is 2.29. The van der Waals surface area contributed by atoms with Crippen molar-refractivity contribution in [1.29, 1.82) is 0 Å². The predicted molar refractivity (Wildman–Crippen MR) is 116 cm³/mol. The van der Waals surface area contributed by atoms with Gasteiger partial charge >= 0.3 is 6.09 Å².